The van der Waals surface area contributed by atoms with E-state index < -0.39 is 5.97 Å². The number of anilines is 2. The smallest absolute Gasteiger partial charge is 0.337 e. The highest BCUT2D eigenvalue weighted by atomic mass is 16.5. The third-order valence-corrected chi connectivity index (χ3v) is 4.48. The minimum absolute atomic E-state index is 0.263. The van der Waals surface area contributed by atoms with Crippen molar-refractivity contribution in [3.05, 3.63) is 71.9 Å². The lowest BCUT2D eigenvalue weighted by Crippen LogP contribution is -2.16. The minimum atomic E-state index is -0.429. The monoisotopic (exact) mass is 388 g/mol. The average molecular weight is 388 g/mol. The molecule has 1 fully saturated rings. The van der Waals surface area contributed by atoms with E-state index in [1.165, 1.54) is 7.11 Å². The van der Waals surface area contributed by atoms with E-state index in [1.54, 1.807) is 30.3 Å². The maximum Gasteiger partial charge on any atom is 0.337 e. The van der Waals surface area contributed by atoms with Gasteiger partial charge in [-0.05, 0) is 37.1 Å². The van der Waals surface area contributed by atoms with E-state index in [0.717, 1.165) is 18.4 Å². The molecule has 0 radical (unpaired) electrons. The van der Waals surface area contributed by atoms with E-state index in [1.807, 2.05) is 30.3 Å². The quantitative estimate of drug-likeness (QED) is 0.625. The van der Waals surface area contributed by atoms with Gasteiger partial charge < -0.3 is 15.4 Å². The number of carbonyl (C=O) groups excluding carboxylic acids is 2. The molecule has 2 N–H and O–H groups in total. The Labute approximate surface area is 168 Å². The SMILES string of the molecule is COC(=O)c1ccc(NC(=O)c2cc(NC3CC3)nc(-c3ccccc3)n2)cc1. The number of hydrogen-bond acceptors (Lipinski definition) is 6. The van der Waals surface area contributed by atoms with Crippen LogP contribution in [0.1, 0.15) is 33.7 Å². The van der Waals surface area contributed by atoms with Gasteiger partial charge in [-0.1, -0.05) is 30.3 Å². The molecule has 1 saturated carbocycles. The molecule has 0 aliphatic heterocycles. The fraction of sp³-hybridized carbons (Fsp3) is 0.182. The van der Waals surface area contributed by atoms with Gasteiger partial charge in [0.1, 0.15) is 11.5 Å². The third kappa shape index (κ3) is 4.57. The van der Waals surface area contributed by atoms with Gasteiger partial charge in [-0.25, -0.2) is 14.8 Å². The van der Waals surface area contributed by atoms with Crippen LogP contribution in [0.15, 0.2) is 60.7 Å². The normalized spacial score (nSPS) is 12.9. The summed E-state index contributed by atoms with van der Waals surface area (Å²) in [7, 11) is 1.32. The standard InChI is InChI=1S/C22H20N4O3/c1-29-22(28)15-7-9-17(10-8-15)24-21(27)18-13-19(23-16-11-12-16)26-20(25-18)14-5-3-2-4-6-14/h2-10,13,16H,11-12H2,1H3,(H,24,27)(H,23,25,26). The number of benzene rings is 2. The van der Waals surface area contributed by atoms with Gasteiger partial charge in [0.15, 0.2) is 5.82 Å². The van der Waals surface area contributed by atoms with Crippen molar-refractivity contribution < 1.29 is 14.3 Å². The van der Waals surface area contributed by atoms with E-state index in [2.05, 4.69) is 25.3 Å². The molecule has 0 atom stereocenters. The summed E-state index contributed by atoms with van der Waals surface area (Å²) in [5, 5.41) is 6.14. The van der Waals surface area contributed by atoms with Crippen LogP contribution in [0.4, 0.5) is 11.5 Å². The number of aromatic nitrogens is 2. The molecule has 2 aromatic carbocycles. The van der Waals surface area contributed by atoms with E-state index in [0.29, 0.717) is 28.9 Å². The summed E-state index contributed by atoms with van der Waals surface area (Å²) in [5.41, 5.74) is 2.07. The number of rotatable bonds is 6. The summed E-state index contributed by atoms with van der Waals surface area (Å²) < 4.78 is 4.68. The first-order chi connectivity index (χ1) is 14.1. The number of esters is 1. The second kappa shape index (κ2) is 8.10. The van der Waals surface area contributed by atoms with Crippen molar-refractivity contribution in [2.45, 2.75) is 18.9 Å². The predicted molar refractivity (Wildman–Crippen MR) is 110 cm³/mol. The van der Waals surface area contributed by atoms with Crippen LogP contribution in [0.5, 0.6) is 0 Å². The number of carbonyl (C=O) groups is 2. The van der Waals surface area contributed by atoms with Crippen LogP contribution in [0, 0.1) is 0 Å². The zero-order valence-electron chi connectivity index (χ0n) is 15.9. The number of amides is 1. The van der Waals surface area contributed by atoms with Gasteiger partial charge in [0.25, 0.3) is 5.91 Å². The van der Waals surface area contributed by atoms with Crippen molar-refractivity contribution in [2.24, 2.45) is 0 Å². The van der Waals surface area contributed by atoms with Gasteiger partial charge in [-0.2, -0.15) is 0 Å². The van der Waals surface area contributed by atoms with Crippen LogP contribution in [0.25, 0.3) is 11.4 Å². The Morgan fingerprint density at radius 3 is 2.38 bits per heavy atom. The first kappa shape index (κ1) is 18.6. The maximum atomic E-state index is 12.8. The molecule has 1 aliphatic rings. The Bertz CT molecular complexity index is 1030. The van der Waals surface area contributed by atoms with E-state index in [9.17, 15) is 9.59 Å². The summed E-state index contributed by atoms with van der Waals surface area (Å²) in [6.45, 7) is 0. The topological polar surface area (TPSA) is 93.2 Å². The first-order valence-corrected chi connectivity index (χ1v) is 9.33. The molecule has 1 heterocycles. The number of methoxy groups -OCH3 is 1. The summed E-state index contributed by atoms with van der Waals surface area (Å²) in [4.78, 5) is 33.4. The number of ether oxygens (including phenoxy) is 1. The number of hydrogen-bond donors (Lipinski definition) is 2. The van der Waals surface area contributed by atoms with Crippen LogP contribution < -0.4 is 10.6 Å². The van der Waals surface area contributed by atoms with E-state index in [4.69, 9.17) is 0 Å². The second-order valence-electron chi connectivity index (χ2n) is 6.77. The number of nitrogens with one attached hydrogen (secondary N) is 2. The summed E-state index contributed by atoms with van der Waals surface area (Å²) in [6.07, 6.45) is 2.19. The van der Waals surface area contributed by atoms with E-state index >= 15 is 0 Å². The van der Waals surface area contributed by atoms with Crippen LogP contribution in [0.3, 0.4) is 0 Å². The van der Waals surface area contributed by atoms with Gasteiger partial charge in [0.05, 0.1) is 12.7 Å². The molecule has 7 nitrogen and oxygen atoms in total. The van der Waals surface area contributed by atoms with Gasteiger partial charge in [0.2, 0.25) is 0 Å². The molecule has 7 heteroatoms. The Kier molecular flexibility index (Phi) is 5.20. The van der Waals surface area contributed by atoms with Crippen LogP contribution in [-0.2, 0) is 4.74 Å². The molecule has 3 aromatic rings. The lowest BCUT2D eigenvalue weighted by Gasteiger charge is -2.10. The number of nitrogens with zero attached hydrogens (tertiary/aromatic N) is 2. The van der Waals surface area contributed by atoms with Crippen LogP contribution in [-0.4, -0.2) is 35.0 Å². The molecule has 0 spiro atoms. The molecule has 0 unspecified atom stereocenters. The lowest BCUT2D eigenvalue weighted by atomic mass is 10.2. The van der Waals surface area contributed by atoms with Crippen LogP contribution in [0.2, 0.25) is 0 Å². The van der Waals surface area contributed by atoms with Crippen molar-refractivity contribution in [2.75, 3.05) is 17.7 Å². The van der Waals surface area contributed by atoms with Gasteiger partial charge in [-0.15, -0.1) is 0 Å². The summed E-state index contributed by atoms with van der Waals surface area (Å²) >= 11 is 0. The van der Waals surface area contributed by atoms with E-state index in [-0.39, 0.29) is 11.6 Å². The Balaban J connectivity index is 1.59. The van der Waals surface area contributed by atoms with Crippen molar-refractivity contribution in [3.63, 3.8) is 0 Å². The molecule has 1 aliphatic carbocycles. The summed E-state index contributed by atoms with van der Waals surface area (Å²) in [6, 6.07) is 18.1. The van der Waals surface area contributed by atoms with Crippen molar-refractivity contribution in [3.8, 4) is 11.4 Å². The molecule has 1 aromatic heterocycles. The second-order valence-corrected chi connectivity index (χ2v) is 6.77. The third-order valence-electron chi connectivity index (χ3n) is 4.48. The van der Waals surface area contributed by atoms with Crippen molar-refractivity contribution in [1.29, 1.82) is 0 Å². The maximum absolute atomic E-state index is 12.8. The Hall–Kier alpha value is -3.74. The highest BCUT2D eigenvalue weighted by Crippen LogP contribution is 2.26. The molecule has 1 amide bonds. The molecular weight excluding hydrogens is 368 g/mol. The molecule has 4 rings (SSSR count). The largest absolute Gasteiger partial charge is 0.465 e. The minimum Gasteiger partial charge on any atom is -0.465 e. The summed E-state index contributed by atoms with van der Waals surface area (Å²) in [5.74, 6) is 0.339. The van der Waals surface area contributed by atoms with Crippen LogP contribution >= 0.6 is 0 Å². The molecule has 0 bridgehead atoms. The lowest BCUT2D eigenvalue weighted by molar-refractivity contribution is 0.0600. The van der Waals surface area contributed by atoms with Gasteiger partial charge >= 0.3 is 5.97 Å². The van der Waals surface area contributed by atoms with Gasteiger partial charge in [-0.3, -0.25) is 4.79 Å². The molecule has 0 saturated heterocycles. The molecule has 29 heavy (non-hydrogen) atoms. The van der Waals surface area contributed by atoms with Gasteiger partial charge in [0, 0.05) is 23.4 Å². The fourth-order valence-electron chi connectivity index (χ4n) is 2.79. The molecule has 146 valence electrons. The molecular formula is C22H20N4O3. The zero-order valence-corrected chi connectivity index (χ0v) is 15.9. The fourth-order valence-corrected chi connectivity index (χ4v) is 2.79. The Morgan fingerprint density at radius 1 is 1.00 bits per heavy atom. The highest BCUT2D eigenvalue weighted by molar-refractivity contribution is 6.03. The average Bonchev–Trinajstić information content (AvgIpc) is 3.58. The zero-order chi connectivity index (χ0) is 20.2. The van der Waals surface area contributed by atoms with Crippen molar-refractivity contribution >= 4 is 23.4 Å². The predicted octanol–water partition coefficient (Wildman–Crippen LogP) is 3.76. The Morgan fingerprint density at radius 2 is 1.72 bits per heavy atom. The van der Waals surface area contributed by atoms with Crippen molar-refractivity contribution in [1.82, 2.24) is 9.97 Å². The highest BCUT2D eigenvalue weighted by Gasteiger charge is 2.23. The first-order valence-electron chi connectivity index (χ1n) is 9.33.